The van der Waals surface area contributed by atoms with Gasteiger partial charge in [-0.3, -0.25) is 0 Å². The van der Waals surface area contributed by atoms with E-state index in [0.29, 0.717) is 0 Å². The van der Waals surface area contributed by atoms with Crippen molar-refractivity contribution in [1.29, 1.82) is 0 Å². The first-order valence-electron chi connectivity index (χ1n) is 4.05. The molecule has 3 heteroatoms. The molecule has 1 atom stereocenters. The van der Waals surface area contributed by atoms with Crippen molar-refractivity contribution in [3.63, 3.8) is 0 Å². The van der Waals surface area contributed by atoms with Crippen molar-refractivity contribution < 1.29 is 8.42 Å². The molecule has 70 valence electrons. The number of rotatable bonds is 2. The van der Waals surface area contributed by atoms with Crippen LogP contribution in [0.2, 0.25) is 0 Å². The van der Waals surface area contributed by atoms with Gasteiger partial charge in [0, 0.05) is 0 Å². The van der Waals surface area contributed by atoms with Crippen molar-refractivity contribution in [2.24, 2.45) is 5.92 Å². The fraction of sp³-hybridized carbons (Fsp3) is 1.00. The summed E-state index contributed by atoms with van der Waals surface area (Å²) in [5.41, 5.74) is 0. The summed E-state index contributed by atoms with van der Waals surface area (Å²) < 4.78 is 19.9. The van der Waals surface area contributed by atoms with Crippen molar-refractivity contribution in [1.82, 2.24) is 0 Å². The van der Waals surface area contributed by atoms with E-state index >= 15 is 0 Å². The Hall–Kier alpha value is -0.0500. The first-order valence-corrected chi connectivity index (χ1v) is 5.29. The summed E-state index contributed by atoms with van der Waals surface area (Å²) in [7, 11) is -2.16. The maximum atomic E-state index is 9.97. The van der Waals surface area contributed by atoms with Crippen molar-refractivity contribution in [3.05, 3.63) is 0 Å². The zero-order valence-electron chi connectivity index (χ0n) is 8.13. The van der Waals surface area contributed by atoms with Crippen LogP contribution in [0, 0.1) is 5.92 Å². The Labute approximate surface area is 72.0 Å². The van der Waals surface area contributed by atoms with Crippen molar-refractivity contribution >= 4 is 10.7 Å². The molecule has 0 aromatic heterocycles. The summed E-state index contributed by atoms with van der Waals surface area (Å²) in [6.07, 6.45) is 0.721. The Morgan fingerprint density at radius 2 is 1.36 bits per heavy atom. The van der Waals surface area contributed by atoms with Crippen LogP contribution in [0.3, 0.4) is 0 Å². The lowest BCUT2D eigenvalue weighted by molar-refractivity contribution is 0.601. The summed E-state index contributed by atoms with van der Waals surface area (Å²) >= 11 is 0. The van der Waals surface area contributed by atoms with Gasteiger partial charge in [-0.05, 0) is 19.3 Å². The lowest BCUT2D eigenvalue weighted by Crippen LogP contribution is -1.99. The highest BCUT2D eigenvalue weighted by atomic mass is 32.2. The fourth-order valence-electron chi connectivity index (χ4n) is 0.149. The summed E-state index contributed by atoms with van der Waals surface area (Å²) in [5.74, 6) is 0.833. The van der Waals surface area contributed by atoms with E-state index in [4.69, 9.17) is 0 Å². The van der Waals surface area contributed by atoms with E-state index in [-0.39, 0.29) is 5.25 Å². The predicted octanol–water partition coefficient (Wildman–Crippen LogP) is 2.06. The third-order valence-electron chi connectivity index (χ3n) is 0.951. The molecule has 0 rings (SSSR count). The Morgan fingerprint density at radius 3 is 1.36 bits per heavy atom. The molecule has 0 fully saturated rings. The third kappa shape index (κ3) is 17.8. The van der Waals surface area contributed by atoms with Crippen LogP contribution in [0.5, 0.6) is 0 Å². The average Bonchev–Trinajstić information content (AvgIpc) is 1.85. The van der Waals surface area contributed by atoms with E-state index in [0.717, 1.165) is 12.3 Å². The second kappa shape index (κ2) is 8.05. The van der Waals surface area contributed by atoms with Crippen LogP contribution < -0.4 is 0 Å². The van der Waals surface area contributed by atoms with Gasteiger partial charge < -0.3 is 0 Å². The van der Waals surface area contributed by atoms with E-state index < -0.39 is 10.7 Å². The monoisotopic (exact) mass is 180 g/mol. The van der Waals surface area contributed by atoms with Gasteiger partial charge in [0.1, 0.15) is 10.7 Å². The average molecular weight is 180 g/mol. The number of hydrogen-bond acceptors (Lipinski definition) is 2. The first-order chi connectivity index (χ1) is 4.91. The molecule has 11 heavy (non-hydrogen) atoms. The van der Waals surface area contributed by atoms with E-state index in [1.165, 1.54) is 0 Å². The molecule has 1 unspecified atom stereocenters. The zero-order chi connectivity index (χ0) is 9.44. The van der Waals surface area contributed by atoms with Crippen LogP contribution >= 0.6 is 0 Å². The van der Waals surface area contributed by atoms with E-state index in [9.17, 15) is 8.42 Å². The molecule has 0 aromatic carbocycles. The molecule has 0 saturated carbocycles. The molecule has 0 aliphatic carbocycles. The number of thiol groups is 1. The van der Waals surface area contributed by atoms with Gasteiger partial charge in [-0.25, -0.2) is 8.42 Å². The summed E-state index contributed by atoms with van der Waals surface area (Å²) in [6, 6.07) is 0. The lowest BCUT2D eigenvalue weighted by atomic mass is 10.3. The van der Waals surface area contributed by atoms with Crippen LogP contribution in [0.15, 0.2) is 0 Å². The van der Waals surface area contributed by atoms with Gasteiger partial charge in [0.2, 0.25) is 0 Å². The van der Waals surface area contributed by atoms with Crippen molar-refractivity contribution in [3.8, 4) is 0 Å². The van der Waals surface area contributed by atoms with Gasteiger partial charge in [-0.15, -0.1) is 0 Å². The van der Waals surface area contributed by atoms with Gasteiger partial charge in [0.15, 0.2) is 0 Å². The Balaban J connectivity index is 0. The van der Waals surface area contributed by atoms with Gasteiger partial charge in [-0.2, -0.15) is 0 Å². The van der Waals surface area contributed by atoms with Gasteiger partial charge in [0.05, 0.1) is 5.25 Å². The van der Waals surface area contributed by atoms with Crippen LogP contribution in [-0.4, -0.2) is 13.7 Å². The quantitative estimate of drug-likeness (QED) is 0.660. The van der Waals surface area contributed by atoms with E-state index in [1.54, 1.807) is 6.92 Å². The normalized spacial score (nSPS) is 12.6. The van der Waals surface area contributed by atoms with Gasteiger partial charge >= 0.3 is 0 Å². The third-order valence-corrected chi connectivity index (χ3v) is 2.04. The molecular formula is C8H20O2S. The lowest BCUT2D eigenvalue weighted by Gasteiger charge is -1.91. The molecule has 0 heterocycles. The molecule has 2 nitrogen and oxygen atoms in total. The van der Waals surface area contributed by atoms with Crippen LogP contribution in [0.1, 0.15) is 41.0 Å². The minimum atomic E-state index is -2.16. The maximum Gasteiger partial charge on any atom is 0.142 e. The van der Waals surface area contributed by atoms with E-state index in [2.05, 4.69) is 20.8 Å². The minimum absolute atomic E-state index is 0.144. The predicted molar refractivity (Wildman–Crippen MR) is 50.6 cm³/mol. The second-order valence-electron chi connectivity index (χ2n) is 3.27. The highest BCUT2D eigenvalue weighted by Gasteiger charge is 1.96. The second-order valence-corrected chi connectivity index (χ2v) is 4.73. The highest BCUT2D eigenvalue weighted by molar-refractivity contribution is 7.73. The molecule has 0 radical (unpaired) electrons. The van der Waals surface area contributed by atoms with Crippen molar-refractivity contribution in [2.75, 3.05) is 0 Å². The molecule has 0 saturated heterocycles. The molecule has 0 aliphatic rings. The summed E-state index contributed by atoms with van der Waals surface area (Å²) in [6.45, 7) is 10.1. The van der Waals surface area contributed by atoms with Crippen LogP contribution in [0.4, 0.5) is 0 Å². The SMILES string of the molecule is CC(C)C.CCC(C)[SH](=O)=O. The smallest absolute Gasteiger partial charge is 0.142 e. The molecule has 0 aliphatic heterocycles. The molecule has 0 amide bonds. The zero-order valence-corrected chi connectivity index (χ0v) is 9.02. The standard InChI is InChI=1S/C4H10O2S.C4H10/c1-3-4(2)7(5)6;1-4(2)3/h4,7H,3H2,1-2H3;4H,1-3H3. The molecular weight excluding hydrogens is 160 g/mol. The molecule has 0 aromatic rings. The van der Waals surface area contributed by atoms with Crippen LogP contribution in [0.25, 0.3) is 0 Å². The van der Waals surface area contributed by atoms with Crippen LogP contribution in [-0.2, 0) is 10.7 Å². The molecule has 0 N–H and O–H groups in total. The van der Waals surface area contributed by atoms with Crippen molar-refractivity contribution in [2.45, 2.75) is 46.3 Å². The highest BCUT2D eigenvalue weighted by Crippen LogP contribution is 1.90. The topological polar surface area (TPSA) is 34.1 Å². The largest absolute Gasteiger partial charge is 0.232 e. The molecule has 0 bridgehead atoms. The maximum absolute atomic E-state index is 9.97. The van der Waals surface area contributed by atoms with E-state index in [1.807, 2.05) is 6.92 Å². The summed E-state index contributed by atoms with van der Waals surface area (Å²) in [5, 5.41) is -0.144. The molecule has 0 spiro atoms. The van der Waals surface area contributed by atoms with Gasteiger partial charge in [0.25, 0.3) is 0 Å². The first kappa shape index (κ1) is 13.5. The Kier molecular flexibility index (Phi) is 9.90. The minimum Gasteiger partial charge on any atom is -0.232 e. The summed E-state index contributed by atoms with van der Waals surface area (Å²) in [4.78, 5) is 0. The fourth-order valence-corrected chi connectivity index (χ4v) is 0.447. The van der Waals surface area contributed by atoms with Gasteiger partial charge in [-0.1, -0.05) is 27.7 Å². The Morgan fingerprint density at radius 1 is 1.09 bits per heavy atom. The Bertz CT molecular complexity index is 128. The number of hydrogen-bond donors (Lipinski definition) is 1.